The lowest BCUT2D eigenvalue weighted by molar-refractivity contribution is -0.113. The Morgan fingerprint density at radius 2 is 1.84 bits per heavy atom. The minimum atomic E-state index is -0.253. The molecule has 1 unspecified atom stereocenters. The fraction of sp³-hybridized carbons (Fsp3) is 0.263. The van der Waals surface area contributed by atoms with Gasteiger partial charge in [-0.1, -0.05) is 19.1 Å². The summed E-state index contributed by atoms with van der Waals surface area (Å²) in [5.74, 6) is 0.453. The maximum Gasteiger partial charge on any atom is 0.239 e. The summed E-state index contributed by atoms with van der Waals surface area (Å²) in [6.45, 7) is 1.99. The summed E-state index contributed by atoms with van der Waals surface area (Å²) in [6, 6.07) is 14.6. The van der Waals surface area contributed by atoms with Crippen LogP contribution in [-0.4, -0.2) is 29.9 Å². The zero-order valence-corrected chi connectivity index (χ0v) is 15.7. The van der Waals surface area contributed by atoms with Gasteiger partial charge in [0.15, 0.2) is 5.78 Å². The Hall–Kier alpha value is -1.98. The van der Waals surface area contributed by atoms with Gasteiger partial charge in [0.2, 0.25) is 5.91 Å². The van der Waals surface area contributed by atoms with Gasteiger partial charge in [-0.3, -0.25) is 9.59 Å². The molecule has 2 rings (SSSR count). The SMILES string of the molecule is COc1ccc(C(=O)CC(C)Sc2ccccc2NC(=O)CCl)cc1. The Morgan fingerprint density at radius 3 is 2.48 bits per heavy atom. The largest absolute Gasteiger partial charge is 0.497 e. The van der Waals surface area contributed by atoms with Gasteiger partial charge in [-0.15, -0.1) is 23.4 Å². The van der Waals surface area contributed by atoms with E-state index < -0.39 is 0 Å². The van der Waals surface area contributed by atoms with Crippen LogP contribution in [0.2, 0.25) is 0 Å². The molecule has 0 saturated heterocycles. The van der Waals surface area contributed by atoms with Crippen molar-refractivity contribution in [2.75, 3.05) is 18.3 Å². The summed E-state index contributed by atoms with van der Waals surface area (Å²) in [5, 5.41) is 2.83. The number of carbonyl (C=O) groups excluding carboxylic acids is 2. The van der Waals surface area contributed by atoms with Crippen LogP contribution in [0.25, 0.3) is 0 Å². The molecule has 1 N–H and O–H groups in total. The maximum absolute atomic E-state index is 12.4. The van der Waals surface area contributed by atoms with E-state index in [9.17, 15) is 9.59 Å². The highest BCUT2D eigenvalue weighted by atomic mass is 35.5. The molecule has 2 aromatic carbocycles. The highest BCUT2D eigenvalue weighted by Gasteiger charge is 2.15. The number of Topliss-reactive ketones (excluding diaryl/α,β-unsaturated/α-hetero) is 1. The molecule has 0 aliphatic carbocycles. The number of hydrogen-bond donors (Lipinski definition) is 1. The predicted molar refractivity (Wildman–Crippen MR) is 103 cm³/mol. The highest BCUT2D eigenvalue weighted by molar-refractivity contribution is 8.00. The van der Waals surface area contributed by atoms with Crippen LogP contribution >= 0.6 is 23.4 Å². The van der Waals surface area contributed by atoms with Crippen LogP contribution in [0.4, 0.5) is 5.69 Å². The number of nitrogens with one attached hydrogen (secondary N) is 1. The minimum Gasteiger partial charge on any atom is -0.497 e. The van der Waals surface area contributed by atoms with Crippen molar-refractivity contribution in [3.8, 4) is 5.75 Å². The van der Waals surface area contributed by atoms with Crippen LogP contribution in [0.5, 0.6) is 5.75 Å². The smallest absolute Gasteiger partial charge is 0.239 e. The number of benzene rings is 2. The molecular weight excluding hydrogens is 358 g/mol. The average molecular weight is 378 g/mol. The summed E-state index contributed by atoms with van der Waals surface area (Å²) in [7, 11) is 1.59. The first-order valence-electron chi connectivity index (χ1n) is 7.82. The van der Waals surface area contributed by atoms with Gasteiger partial charge in [-0.05, 0) is 36.4 Å². The van der Waals surface area contributed by atoms with Crippen LogP contribution < -0.4 is 10.1 Å². The molecule has 0 aromatic heterocycles. The fourth-order valence-corrected chi connectivity index (χ4v) is 3.41. The summed E-state index contributed by atoms with van der Waals surface area (Å²) in [6.07, 6.45) is 0.398. The molecule has 132 valence electrons. The van der Waals surface area contributed by atoms with Crippen molar-refractivity contribution < 1.29 is 14.3 Å². The second kappa shape index (κ2) is 9.49. The monoisotopic (exact) mass is 377 g/mol. The molecule has 2 aromatic rings. The number of alkyl halides is 1. The number of hydrogen-bond acceptors (Lipinski definition) is 4. The maximum atomic E-state index is 12.4. The van der Waals surface area contributed by atoms with Crippen molar-refractivity contribution >= 4 is 40.7 Å². The van der Waals surface area contributed by atoms with Gasteiger partial charge in [0.05, 0.1) is 12.8 Å². The first kappa shape index (κ1) is 19.3. The van der Waals surface area contributed by atoms with Gasteiger partial charge in [-0.25, -0.2) is 0 Å². The van der Waals surface area contributed by atoms with Gasteiger partial charge < -0.3 is 10.1 Å². The standard InChI is InChI=1S/C19H20ClNO3S/c1-13(11-17(22)14-7-9-15(24-2)10-8-14)25-18-6-4-3-5-16(18)21-19(23)12-20/h3-10,13H,11-12H2,1-2H3,(H,21,23). The lowest BCUT2D eigenvalue weighted by atomic mass is 10.1. The first-order valence-corrected chi connectivity index (χ1v) is 9.23. The zero-order chi connectivity index (χ0) is 18.2. The molecule has 0 aliphatic rings. The minimum absolute atomic E-state index is 0.0589. The number of ketones is 1. The van der Waals surface area contributed by atoms with E-state index in [1.807, 2.05) is 31.2 Å². The van der Waals surface area contributed by atoms with Crippen molar-refractivity contribution in [3.05, 3.63) is 54.1 Å². The van der Waals surface area contributed by atoms with Crippen LogP contribution in [-0.2, 0) is 4.79 Å². The highest BCUT2D eigenvalue weighted by Crippen LogP contribution is 2.32. The number of ether oxygens (including phenoxy) is 1. The second-order valence-corrected chi connectivity index (χ2v) is 7.21. The van der Waals surface area contributed by atoms with E-state index in [-0.39, 0.29) is 22.8 Å². The number of para-hydroxylation sites is 1. The molecule has 0 saturated carbocycles. The quantitative estimate of drug-likeness (QED) is 0.414. The van der Waals surface area contributed by atoms with Crippen LogP contribution in [0.3, 0.4) is 0 Å². The van der Waals surface area contributed by atoms with E-state index in [0.29, 0.717) is 17.7 Å². The third-order valence-electron chi connectivity index (χ3n) is 3.50. The zero-order valence-electron chi connectivity index (χ0n) is 14.1. The van der Waals surface area contributed by atoms with Crippen molar-refractivity contribution in [1.29, 1.82) is 0 Å². The number of anilines is 1. The summed E-state index contributed by atoms with van der Waals surface area (Å²) < 4.78 is 5.10. The molecule has 25 heavy (non-hydrogen) atoms. The molecule has 0 radical (unpaired) electrons. The summed E-state index contributed by atoms with van der Waals surface area (Å²) in [4.78, 5) is 24.8. The second-order valence-electron chi connectivity index (χ2n) is 5.46. The molecule has 0 fully saturated rings. The Bertz CT molecular complexity index is 734. The molecular formula is C19H20ClNO3S. The lowest BCUT2D eigenvalue weighted by Crippen LogP contribution is -2.13. The molecule has 0 aliphatic heterocycles. The number of methoxy groups -OCH3 is 1. The van der Waals surface area contributed by atoms with E-state index in [4.69, 9.17) is 16.3 Å². The van der Waals surface area contributed by atoms with Crippen molar-refractivity contribution in [1.82, 2.24) is 0 Å². The molecule has 0 heterocycles. The molecule has 1 atom stereocenters. The van der Waals surface area contributed by atoms with Gasteiger partial charge in [0.1, 0.15) is 11.6 Å². The van der Waals surface area contributed by atoms with Crippen LogP contribution in [0.15, 0.2) is 53.4 Å². The van der Waals surface area contributed by atoms with E-state index in [1.165, 1.54) is 0 Å². The number of amides is 1. The summed E-state index contributed by atoms with van der Waals surface area (Å²) >= 11 is 7.10. The predicted octanol–water partition coefficient (Wildman–Crippen LogP) is 4.63. The lowest BCUT2D eigenvalue weighted by Gasteiger charge is -2.14. The molecule has 6 heteroatoms. The van der Waals surface area contributed by atoms with E-state index in [0.717, 1.165) is 10.6 Å². The number of carbonyl (C=O) groups is 2. The van der Waals surface area contributed by atoms with Crippen LogP contribution in [0, 0.1) is 0 Å². The molecule has 0 bridgehead atoms. The fourth-order valence-electron chi connectivity index (χ4n) is 2.27. The molecule has 4 nitrogen and oxygen atoms in total. The van der Waals surface area contributed by atoms with Crippen LogP contribution in [0.1, 0.15) is 23.7 Å². The van der Waals surface area contributed by atoms with Gasteiger partial charge in [-0.2, -0.15) is 0 Å². The Kier molecular flexibility index (Phi) is 7.34. The van der Waals surface area contributed by atoms with Crippen molar-refractivity contribution in [3.63, 3.8) is 0 Å². The normalized spacial score (nSPS) is 11.6. The van der Waals surface area contributed by atoms with Gasteiger partial charge in [0, 0.05) is 22.1 Å². The average Bonchev–Trinajstić information content (AvgIpc) is 2.63. The van der Waals surface area contributed by atoms with E-state index in [1.54, 1.807) is 43.1 Å². The third kappa shape index (κ3) is 5.80. The number of rotatable bonds is 8. The molecule has 0 spiro atoms. The summed E-state index contributed by atoms with van der Waals surface area (Å²) in [5.41, 5.74) is 1.37. The van der Waals surface area contributed by atoms with E-state index >= 15 is 0 Å². The third-order valence-corrected chi connectivity index (χ3v) is 4.92. The number of halogens is 1. The Morgan fingerprint density at radius 1 is 1.16 bits per heavy atom. The Labute approximate surface area is 156 Å². The molecule has 1 amide bonds. The number of thioether (sulfide) groups is 1. The topological polar surface area (TPSA) is 55.4 Å². The van der Waals surface area contributed by atoms with E-state index in [2.05, 4.69) is 5.32 Å². The van der Waals surface area contributed by atoms with Gasteiger partial charge in [0.25, 0.3) is 0 Å². The van der Waals surface area contributed by atoms with Crippen molar-refractivity contribution in [2.24, 2.45) is 0 Å². The Balaban J connectivity index is 2.00. The first-order chi connectivity index (χ1) is 12.0. The van der Waals surface area contributed by atoms with Crippen molar-refractivity contribution in [2.45, 2.75) is 23.5 Å². The van der Waals surface area contributed by atoms with Gasteiger partial charge >= 0.3 is 0 Å².